The molecule has 0 aliphatic heterocycles. The lowest BCUT2D eigenvalue weighted by Gasteiger charge is -2.23. The van der Waals surface area contributed by atoms with Gasteiger partial charge in [0.2, 0.25) is 0 Å². The molecule has 0 fully saturated rings. The van der Waals surface area contributed by atoms with E-state index < -0.39 is 5.91 Å². The fraction of sp³-hybridized carbons (Fsp3) is 0.160. The van der Waals surface area contributed by atoms with Gasteiger partial charge in [-0.1, -0.05) is 42.5 Å². The van der Waals surface area contributed by atoms with E-state index in [9.17, 15) is 9.59 Å². The standard InChI is InChI=1S/C25H25N3O3S/c1-3-28(18-12-6-5-7-13-18)24(30)19-14-8-10-16-21(19)26-25(32)27-23(29)20-15-9-11-17-22(20)31-4-2/h5-17H,3-4H2,1-2H3,(H2,26,27,29,32). The van der Waals surface area contributed by atoms with E-state index in [2.05, 4.69) is 10.6 Å². The first-order valence-electron chi connectivity index (χ1n) is 10.3. The minimum Gasteiger partial charge on any atom is -0.493 e. The summed E-state index contributed by atoms with van der Waals surface area (Å²) in [5, 5.41) is 5.73. The average molecular weight is 448 g/mol. The lowest BCUT2D eigenvalue weighted by atomic mass is 10.1. The molecule has 3 aromatic rings. The van der Waals surface area contributed by atoms with Gasteiger partial charge in [0.25, 0.3) is 11.8 Å². The van der Waals surface area contributed by atoms with Gasteiger partial charge in [0.1, 0.15) is 5.75 Å². The lowest BCUT2D eigenvalue weighted by Crippen LogP contribution is -2.36. The Morgan fingerprint density at radius 1 is 0.875 bits per heavy atom. The van der Waals surface area contributed by atoms with E-state index in [1.54, 1.807) is 53.4 Å². The molecule has 0 spiro atoms. The topological polar surface area (TPSA) is 70.7 Å². The van der Waals surface area contributed by atoms with Crippen molar-refractivity contribution in [3.63, 3.8) is 0 Å². The summed E-state index contributed by atoms with van der Waals surface area (Å²) in [5.74, 6) is -0.0835. The minimum atomic E-state index is -0.394. The largest absolute Gasteiger partial charge is 0.493 e. The smallest absolute Gasteiger partial charge is 0.261 e. The zero-order valence-corrected chi connectivity index (χ0v) is 18.8. The molecule has 32 heavy (non-hydrogen) atoms. The van der Waals surface area contributed by atoms with Crippen LogP contribution in [0.4, 0.5) is 11.4 Å². The molecule has 6 nitrogen and oxygen atoms in total. The third-order valence-electron chi connectivity index (χ3n) is 4.69. The van der Waals surface area contributed by atoms with Gasteiger partial charge in [0.05, 0.1) is 23.4 Å². The summed E-state index contributed by atoms with van der Waals surface area (Å²) in [6, 6.07) is 23.5. The second-order valence-corrected chi connectivity index (χ2v) is 7.18. The number of ether oxygens (including phenoxy) is 1. The fourth-order valence-electron chi connectivity index (χ4n) is 3.23. The molecule has 7 heteroatoms. The molecular formula is C25H25N3O3S. The maximum atomic E-state index is 13.3. The molecule has 0 saturated carbocycles. The summed E-state index contributed by atoms with van der Waals surface area (Å²) in [6.07, 6.45) is 0. The van der Waals surface area contributed by atoms with Crippen molar-refractivity contribution in [1.82, 2.24) is 5.32 Å². The maximum Gasteiger partial charge on any atom is 0.261 e. The first kappa shape index (κ1) is 23.0. The molecule has 3 rings (SSSR count). The van der Waals surface area contributed by atoms with Crippen molar-refractivity contribution in [1.29, 1.82) is 0 Å². The molecule has 2 N–H and O–H groups in total. The van der Waals surface area contributed by atoms with Gasteiger partial charge < -0.3 is 15.0 Å². The first-order chi connectivity index (χ1) is 15.5. The molecule has 3 aromatic carbocycles. The molecule has 0 heterocycles. The van der Waals surface area contributed by atoms with Gasteiger partial charge in [0, 0.05) is 12.2 Å². The number of para-hydroxylation sites is 3. The van der Waals surface area contributed by atoms with Crippen LogP contribution in [0.3, 0.4) is 0 Å². The number of rotatable bonds is 7. The van der Waals surface area contributed by atoms with Crippen LogP contribution in [0.2, 0.25) is 0 Å². The van der Waals surface area contributed by atoms with E-state index in [-0.39, 0.29) is 11.0 Å². The quantitative estimate of drug-likeness (QED) is 0.505. The van der Waals surface area contributed by atoms with Crippen LogP contribution < -0.4 is 20.3 Å². The number of nitrogens with zero attached hydrogens (tertiary/aromatic N) is 1. The predicted molar refractivity (Wildman–Crippen MR) is 132 cm³/mol. The second kappa shape index (κ2) is 11.1. The van der Waals surface area contributed by atoms with Gasteiger partial charge in [-0.15, -0.1) is 0 Å². The number of carbonyl (C=O) groups is 2. The van der Waals surface area contributed by atoms with Crippen LogP contribution in [-0.2, 0) is 0 Å². The van der Waals surface area contributed by atoms with Gasteiger partial charge in [-0.25, -0.2) is 0 Å². The molecular weight excluding hydrogens is 422 g/mol. The van der Waals surface area contributed by atoms with Crippen LogP contribution in [0, 0.1) is 0 Å². The highest BCUT2D eigenvalue weighted by Crippen LogP contribution is 2.22. The van der Waals surface area contributed by atoms with E-state index in [1.165, 1.54) is 0 Å². The van der Waals surface area contributed by atoms with E-state index in [0.717, 1.165) is 5.69 Å². The van der Waals surface area contributed by atoms with Crippen molar-refractivity contribution in [2.75, 3.05) is 23.4 Å². The van der Waals surface area contributed by atoms with Crippen molar-refractivity contribution in [3.05, 3.63) is 90.0 Å². The summed E-state index contributed by atoms with van der Waals surface area (Å²) in [4.78, 5) is 27.7. The van der Waals surface area contributed by atoms with Gasteiger partial charge in [-0.05, 0) is 62.5 Å². The van der Waals surface area contributed by atoms with Crippen LogP contribution in [0.5, 0.6) is 5.75 Å². The Labute approximate surface area is 193 Å². The molecule has 0 aromatic heterocycles. The van der Waals surface area contributed by atoms with Crippen LogP contribution in [0.1, 0.15) is 34.6 Å². The predicted octanol–water partition coefficient (Wildman–Crippen LogP) is 4.88. The summed E-state index contributed by atoms with van der Waals surface area (Å²) in [6.45, 7) is 4.72. The van der Waals surface area contributed by atoms with Gasteiger partial charge in [0.15, 0.2) is 5.11 Å². The zero-order valence-electron chi connectivity index (χ0n) is 18.0. The van der Waals surface area contributed by atoms with Crippen LogP contribution in [0.15, 0.2) is 78.9 Å². The number of anilines is 2. The van der Waals surface area contributed by atoms with Gasteiger partial charge in [-0.3, -0.25) is 14.9 Å². The summed E-state index contributed by atoms with van der Waals surface area (Å²) < 4.78 is 5.51. The highest BCUT2D eigenvalue weighted by atomic mass is 32.1. The molecule has 2 amide bonds. The maximum absolute atomic E-state index is 13.3. The molecule has 0 unspecified atom stereocenters. The molecule has 0 aliphatic rings. The molecule has 164 valence electrons. The van der Waals surface area contributed by atoms with E-state index in [1.807, 2.05) is 44.2 Å². The van der Waals surface area contributed by atoms with E-state index >= 15 is 0 Å². The fourth-order valence-corrected chi connectivity index (χ4v) is 3.44. The van der Waals surface area contributed by atoms with Gasteiger partial charge in [-0.2, -0.15) is 0 Å². The van der Waals surface area contributed by atoms with Crippen LogP contribution >= 0.6 is 12.2 Å². The number of hydrogen-bond acceptors (Lipinski definition) is 4. The Hall–Kier alpha value is -3.71. The molecule has 0 bridgehead atoms. The minimum absolute atomic E-state index is 0.0873. The number of hydrogen-bond donors (Lipinski definition) is 2. The zero-order chi connectivity index (χ0) is 22.9. The molecule has 0 saturated heterocycles. The van der Waals surface area contributed by atoms with Crippen molar-refractivity contribution in [2.45, 2.75) is 13.8 Å². The highest BCUT2D eigenvalue weighted by molar-refractivity contribution is 7.80. The van der Waals surface area contributed by atoms with Crippen molar-refractivity contribution in [3.8, 4) is 5.75 Å². The number of amides is 2. The number of thiocarbonyl (C=S) groups is 1. The number of benzene rings is 3. The summed E-state index contributed by atoms with van der Waals surface area (Å²) in [7, 11) is 0. The normalized spacial score (nSPS) is 10.2. The Morgan fingerprint density at radius 3 is 2.19 bits per heavy atom. The Balaban J connectivity index is 1.77. The highest BCUT2D eigenvalue weighted by Gasteiger charge is 2.20. The SMILES string of the molecule is CCOc1ccccc1C(=O)NC(=S)Nc1ccccc1C(=O)N(CC)c1ccccc1. The van der Waals surface area contributed by atoms with Crippen molar-refractivity contribution in [2.24, 2.45) is 0 Å². The molecule has 0 atom stereocenters. The number of nitrogens with one attached hydrogen (secondary N) is 2. The van der Waals surface area contributed by atoms with Crippen molar-refractivity contribution >= 4 is 40.5 Å². The third kappa shape index (κ3) is 5.50. The first-order valence-corrected chi connectivity index (χ1v) is 10.8. The monoisotopic (exact) mass is 447 g/mol. The molecule has 0 aliphatic carbocycles. The summed E-state index contributed by atoms with van der Waals surface area (Å²) >= 11 is 5.35. The van der Waals surface area contributed by atoms with Crippen LogP contribution in [-0.4, -0.2) is 30.1 Å². The third-order valence-corrected chi connectivity index (χ3v) is 4.90. The number of carbonyl (C=O) groups excluding carboxylic acids is 2. The molecule has 0 radical (unpaired) electrons. The Bertz CT molecular complexity index is 1100. The Morgan fingerprint density at radius 2 is 1.50 bits per heavy atom. The van der Waals surface area contributed by atoms with Crippen molar-refractivity contribution < 1.29 is 14.3 Å². The van der Waals surface area contributed by atoms with E-state index in [0.29, 0.717) is 35.7 Å². The second-order valence-electron chi connectivity index (χ2n) is 6.77. The van der Waals surface area contributed by atoms with Crippen LogP contribution in [0.25, 0.3) is 0 Å². The summed E-state index contributed by atoms with van der Waals surface area (Å²) in [5.41, 5.74) is 2.14. The van der Waals surface area contributed by atoms with E-state index in [4.69, 9.17) is 17.0 Å². The lowest BCUT2D eigenvalue weighted by molar-refractivity contribution is 0.0971. The Kier molecular flexibility index (Phi) is 7.94. The van der Waals surface area contributed by atoms with Gasteiger partial charge >= 0.3 is 0 Å². The average Bonchev–Trinajstić information content (AvgIpc) is 2.81.